The van der Waals surface area contributed by atoms with Gasteiger partial charge >= 0.3 is 0 Å². The van der Waals surface area contributed by atoms with Gasteiger partial charge in [0, 0.05) is 17.7 Å². The molecule has 0 saturated carbocycles. The van der Waals surface area contributed by atoms with Crippen molar-refractivity contribution in [1.29, 1.82) is 0 Å². The predicted octanol–water partition coefficient (Wildman–Crippen LogP) is 2.66. The Morgan fingerprint density at radius 2 is 1.62 bits per heavy atom. The van der Waals surface area contributed by atoms with E-state index in [0.29, 0.717) is 6.54 Å². The highest BCUT2D eigenvalue weighted by Gasteiger charge is 2.11. The molecule has 3 nitrogen and oxygen atoms in total. The van der Waals surface area contributed by atoms with Crippen molar-refractivity contribution in [1.82, 2.24) is 5.32 Å². The van der Waals surface area contributed by atoms with Crippen LogP contribution < -0.4 is 10.2 Å². The first-order valence-corrected chi connectivity index (χ1v) is 8.81. The van der Waals surface area contributed by atoms with E-state index in [1.807, 2.05) is 31.2 Å². The summed E-state index contributed by atoms with van der Waals surface area (Å²) in [6, 6.07) is 14.2. The summed E-state index contributed by atoms with van der Waals surface area (Å²) in [5.74, 6) is -0.0110. The van der Waals surface area contributed by atoms with Gasteiger partial charge in [-0.05, 0) is 56.5 Å². The Kier molecular flexibility index (Phi) is 6.56. The van der Waals surface area contributed by atoms with Crippen molar-refractivity contribution in [3.05, 3.63) is 70.3 Å². The Morgan fingerprint density at radius 1 is 0.958 bits per heavy atom. The maximum Gasteiger partial charge on any atom is 0.251 e. The summed E-state index contributed by atoms with van der Waals surface area (Å²) in [6.45, 7) is 12.3. The van der Waals surface area contributed by atoms with Crippen molar-refractivity contribution in [2.24, 2.45) is 0 Å². The van der Waals surface area contributed by atoms with E-state index in [-0.39, 0.29) is 5.91 Å². The molecule has 0 aromatic heterocycles. The first kappa shape index (κ1) is 18.2. The molecule has 0 saturated heterocycles. The summed E-state index contributed by atoms with van der Waals surface area (Å²) in [7, 11) is 0. The van der Waals surface area contributed by atoms with Gasteiger partial charge in [0.05, 0.1) is 13.1 Å². The zero-order chi connectivity index (χ0) is 17.5. The number of carbonyl (C=O) groups is 1. The zero-order valence-electron chi connectivity index (χ0n) is 15.3. The van der Waals surface area contributed by atoms with Crippen LogP contribution in [0.3, 0.4) is 0 Å². The molecule has 0 unspecified atom stereocenters. The van der Waals surface area contributed by atoms with Gasteiger partial charge in [-0.1, -0.05) is 30.3 Å². The molecule has 2 rings (SSSR count). The van der Waals surface area contributed by atoms with Crippen molar-refractivity contribution in [2.45, 2.75) is 40.8 Å². The second-order valence-corrected chi connectivity index (χ2v) is 6.38. The fraction of sp³-hybridized carbons (Fsp3) is 0.381. The summed E-state index contributed by atoms with van der Waals surface area (Å²) in [6.07, 6.45) is 0. The molecule has 0 bridgehead atoms. The fourth-order valence-electron chi connectivity index (χ4n) is 2.83. The summed E-state index contributed by atoms with van der Waals surface area (Å²) in [4.78, 5) is 14.0. The maximum atomic E-state index is 12.4. The second kappa shape index (κ2) is 8.65. The Labute approximate surface area is 145 Å². The molecular formula is C21H29N2O+. The molecular weight excluding hydrogens is 296 g/mol. The van der Waals surface area contributed by atoms with Gasteiger partial charge in [0.25, 0.3) is 5.91 Å². The van der Waals surface area contributed by atoms with Gasteiger partial charge in [-0.25, -0.2) is 0 Å². The van der Waals surface area contributed by atoms with E-state index >= 15 is 0 Å². The van der Waals surface area contributed by atoms with Gasteiger partial charge in [-0.3, -0.25) is 4.79 Å². The number of quaternary nitrogens is 1. The highest BCUT2D eigenvalue weighted by atomic mass is 16.1. The van der Waals surface area contributed by atoms with Crippen LogP contribution in [0.2, 0.25) is 0 Å². The minimum absolute atomic E-state index is 0.0110. The van der Waals surface area contributed by atoms with Crippen molar-refractivity contribution in [2.75, 3.05) is 13.1 Å². The lowest BCUT2D eigenvalue weighted by Gasteiger charge is -2.18. The highest BCUT2D eigenvalue weighted by molar-refractivity contribution is 5.94. The normalized spacial score (nSPS) is 10.9. The molecule has 0 fully saturated rings. The molecule has 2 aromatic carbocycles. The molecule has 3 heteroatoms. The fourth-order valence-corrected chi connectivity index (χ4v) is 2.83. The Bertz CT molecular complexity index is 690. The van der Waals surface area contributed by atoms with E-state index in [0.717, 1.165) is 30.8 Å². The van der Waals surface area contributed by atoms with E-state index in [1.54, 1.807) is 4.90 Å². The van der Waals surface area contributed by atoms with Crippen molar-refractivity contribution in [3.63, 3.8) is 0 Å². The molecule has 24 heavy (non-hydrogen) atoms. The third-order valence-corrected chi connectivity index (χ3v) is 4.77. The van der Waals surface area contributed by atoms with E-state index in [2.05, 4.69) is 44.3 Å². The minimum atomic E-state index is -0.0110. The van der Waals surface area contributed by atoms with Gasteiger partial charge in [-0.15, -0.1) is 0 Å². The SMILES string of the molecule is CC[NH+](CC)Cc1ccccc1CNC(=O)c1ccc(C)c(C)c1. The summed E-state index contributed by atoms with van der Waals surface area (Å²) >= 11 is 0. The number of aryl methyl sites for hydroxylation is 2. The van der Waals surface area contributed by atoms with E-state index in [9.17, 15) is 4.79 Å². The number of nitrogens with one attached hydrogen (secondary N) is 2. The zero-order valence-corrected chi connectivity index (χ0v) is 15.3. The molecule has 2 N–H and O–H groups in total. The third kappa shape index (κ3) is 4.68. The molecule has 0 atom stereocenters. The van der Waals surface area contributed by atoms with Gasteiger partial charge in [0.2, 0.25) is 0 Å². The first-order chi connectivity index (χ1) is 11.5. The van der Waals surface area contributed by atoms with E-state index in [4.69, 9.17) is 0 Å². The van der Waals surface area contributed by atoms with E-state index < -0.39 is 0 Å². The Hall–Kier alpha value is -2.13. The van der Waals surface area contributed by atoms with Crippen LogP contribution >= 0.6 is 0 Å². The number of rotatable bonds is 7. The van der Waals surface area contributed by atoms with Crippen molar-refractivity contribution < 1.29 is 9.69 Å². The van der Waals surface area contributed by atoms with Crippen molar-refractivity contribution >= 4 is 5.91 Å². The molecule has 0 aliphatic heterocycles. The lowest BCUT2D eigenvalue weighted by molar-refractivity contribution is -0.910. The molecule has 0 aliphatic carbocycles. The van der Waals surface area contributed by atoms with Crippen LogP contribution in [-0.4, -0.2) is 19.0 Å². The molecule has 2 aromatic rings. The summed E-state index contributed by atoms with van der Waals surface area (Å²) < 4.78 is 0. The topological polar surface area (TPSA) is 33.5 Å². The average Bonchev–Trinajstić information content (AvgIpc) is 2.60. The van der Waals surface area contributed by atoms with Crippen LogP contribution in [0, 0.1) is 13.8 Å². The molecule has 0 aliphatic rings. The summed E-state index contributed by atoms with van der Waals surface area (Å²) in [5, 5.41) is 3.06. The Morgan fingerprint density at radius 3 is 2.25 bits per heavy atom. The van der Waals surface area contributed by atoms with Crippen LogP contribution in [0.5, 0.6) is 0 Å². The Balaban J connectivity index is 2.06. The average molecular weight is 325 g/mol. The van der Waals surface area contributed by atoms with Crippen LogP contribution in [-0.2, 0) is 13.1 Å². The largest absolute Gasteiger partial charge is 0.348 e. The minimum Gasteiger partial charge on any atom is -0.348 e. The smallest absolute Gasteiger partial charge is 0.251 e. The highest BCUT2D eigenvalue weighted by Crippen LogP contribution is 2.11. The number of carbonyl (C=O) groups excluding carboxylic acids is 1. The number of amides is 1. The van der Waals surface area contributed by atoms with Crippen LogP contribution in [0.1, 0.15) is 46.5 Å². The third-order valence-electron chi connectivity index (χ3n) is 4.77. The van der Waals surface area contributed by atoms with Crippen LogP contribution in [0.15, 0.2) is 42.5 Å². The van der Waals surface area contributed by atoms with Crippen LogP contribution in [0.25, 0.3) is 0 Å². The maximum absolute atomic E-state index is 12.4. The molecule has 0 spiro atoms. The van der Waals surface area contributed by atoms with E-state index in [1.165, 1.54) is 16.7 Å². The van der Waals surface area contributed by atoms with Gasteiger partial charge in [0.1, 0.15) is 6.54 Å². The standard InChI is InChI=1S/C21H28N2O/c1-5-23(6-2)15-20-10-8-7-9-19(20)14-22-21(24)18-12-11-16(3)17(4)13-18/h7-13H,5-6,14-15H2,1-4H3,(H,22,24)/p+1. The van der Waals surface area contributed by atoms with Gasteiger partial charge in [0.15, 0.2) is 0 Å². The summed E-state index contributed by atoms with van der Waals surface area (Å²) in [5.41, 5.74) is 5.60. The molecule has 128 valence electrons. The quantitative estimate of drug-likeness (QED) is 0.806. The van der Waals surface area contributed by atoms with Gasteiger partial charge < -0.3 is 10.2 Å². The van der Waals surface area contributed by atoms with Crippen molar-refractivity contribution in [3.8, 4) is 0 Å². The lowest BCUT2D eigenvalue weighted by Crippen LogP contribution is -3.10. The van der Waals surface area contributed by atoms with Gasteiger partial charge in [-0.2, -0.15) is 0 Å². The second-order valence-electron chi connectivity index (χ2n) is 6.38. The molecule has 0 radical (unpaired) electrons. The lowest BCUT2D eigenvalue weighted by atomic mass is 10.0. The number of hydrogen-bond acceptors (Lipinski definition) is 1. The molecule has 0 heterocycles. The number of hydrogen-bond donors (Lipinski definition) is 2. The predicted molar refractivity (Wildman–Crippen MR) is 99.3 cm³/mol. The monoisotopic (exact) mass is 325 g/mol. The first-order valence-electron chi connectivity index (χ1n) is 8.81. The number of benzene rings is 2. The van der Waals surface area contributed by atoms with Crippen LogP contribution in [0.4, 0.5) is 0 Å². The molecule has 1 amide bonds.